The molecule has 6 rings (SSSR count). The summed E-state index contributed by atoms with van der Waals surface area (Å²) < 4.78 is 76.0. The molecule has 1 amide bonds. The number of ether oxygens (including phenoxy) is 7. The van der Waals surface area contributed by atoms with Gasteiger partial charge >= 0.3 is 25.7 Å². The Morgan fingerprint density at radius 3 is 1.89 bits per heavy atom. The lowest BCUT2D eigenvalue weighted by Gasteiger charge is -2.46. The first-order valence-electron chi connectivity index (χ1n) is 18.5. The summed E-state index contributed by atoms with van der Waals surface area (Å²) in [6.45, 7) is 4.75. The van der Waals surface area contributed by atoms with E-state index in [1.54, 1.807) is 60.7 Å². The third kappa shape index (κ3) is 10.6. The van der Waals surface area contributed by atoms with Crippen LogP contribution in [0, 0.1) is 0 Å². The molecule has 2 aromatic rings. The van der Waals surface area contributed by atoms with Crippen LogP contribution in [0.25, 0.3) is 0 Å². The fraction of sp³-hybridized carbons (Fsp3) is 0.579. The maximum Gasteiger partial charge on any atom is 0.587 e. The summed E-state index contributed by atoms with van der Waals surface area (Å²) in [5.41, 5.74) is 0. The Bertz CT molecular complexity index is 1640. The van der Waals surface area contributed by atoms with E-state index >= 15 is 0 Å². The van der Waals surface area contributed by atoms with Crippen molar-refractivity contribution in [1.29, 1.82) is 0 Å². The van der Waals surface area contributed by atoms with Crippen LogP contribution in [0.1, 0.15) is 72.6 Å². The van der Waals surface area contributed by atoms with Crippen LogP contribution >= 0.6 is 7.82 Å². The second-order valence-electron chi connectivity index (χ2n) is 14.1. The number of carbonyl (C=O) groups is 4. The van der Waals surface area contributed by atoms with Crippen LogP contribution in [-0.2, 0) is 61.4 Å². The quantitative estimate of drug-likeness (QED) is 0.163. The van der Waals surface area contributed by atoms with E-state index in [0.717, 1.165) is 19.3 Å². The molecule has 2 aromatic carbocycles. The molecule has 0 aromatic heterocycles. The van der Waals surface area contributed by atoms with E-state index in [2.05, 4.69) is 5.32 Å². The lowest BCUT2D eigenvalue weighted by Crippen LogP contribution is -2.62. The average Bonchev–Trinajstić information content (AvgIpc) is 3.49. The summed E-state index contributed by atoms with van der Waals surface area (Å²) in [6.07, 6.45) is -4.62. The Hall–Kier alpha value is -4.05. The minimum atomic E-state index is -4.49. The molecule has 9 atom stereocenters. The van der Waals surface area contributed by atoms with Crippen LogP contribution in [0.2, 0.25) is 0 Å². The molecule has 4 aliphatic rings. The van der Waals surface area contributed by atoms with Gasteiger partial charge < -0.3 is 47.5 Å². The van der Waals surface area contributed by atoms with Crippen LogP contribution in [0.15, 0.2) is 60.7 Å². The van der Waals surface area contributed by atoms with Crippen LogP contribution in [-0.4, -0.2) is 91.3 Å². The number of carbonyl (C=O) groups excluding carboxylic acids is 4. The third-order valence-electron chi connectivity index (χ3n) is 9.65. The first-order chi connectivity index (χ1) is 26.3. The molecular formula is C38H48NO15P. The molecule has 1 spiro atoms. The molecule has 55 heavy (non-hydrogen) atoms. The van der Waals surface area contributed by atoms with Crippen molar-refractivity contribution in [1.82, 2.24) is 5.32 Å². The van der Waals surface area contributed by atoms with Crippen molar-refractivity contribution in [2.75, 3.05) is 6.61 Å². The number of para-hydroxylation sites is 2. The van der Waals surface area contributed by atoms with Gasteiger partial charge in [0.15, 0.2) is 12.1 Å². The smallest absolute Gasteiger partial charge is 0.463 e. The molecule has 4 fully saturated rings. The number of amides is 1. The summed E-state index contributed by atoms with van der Waals surface area (Å²) in [4.78, 5) is 48.9. The Kier molecular flexibility index (Phi) is 13.2. The summed E-state index contributed by atoms with van der Waals surface area (Å²) >= 11 is 0. The van der Waals surface area contributed by atoms with Crippen molar-refractivity contribution in [2.24, 2.45) is 0 Å². The monoisotopic (exact) mass is 789 g/mol. The number of phosphoric ester groups is 1. The first-order valence-corrected chi connectivity index (χ1v) is 20.0. The van der Waals surface area contributed by atoms with Gasteiger partial charge in [0.2, 0.25) is 5.91 Å². The van der Waals surface area contributed by atoms with E-state index in [0.29, 0.717) is 12.8 Å². The molecule has 2 aliphatic carbocycles. The normalized spacial score (nSPS) is 30.0. The fourth-order valence-corrected chi connectivity index (χ4v) is 8.92. The third-order valence-corrected chi connectivity index (χ3v) is 11.0. The van der Waals surface area contributed by atoms with Crippen molar-refractivity contribution < 1.29 is 70.5 Å². The van der Waals surface area contributed by atoms with E-state index in [4.69, 9.17) is 46.7 Å². The highest BCUT2D eigenvalue weighted by Gasteiger charge is 2.61. The highest BCUT2D eigenvalue weighted by atomic mass is 31.2. The zero-order chi connectivity index (χ0) is 39.2. The minimum Gasteiger partial charge on any atom is -0.463 e. The maximum absolute atomic E-state index is 14.7. The zero-order valence-electron chi connectivity index (χ0n) is 31.2. The molecule has 300 valence electrons. The molecule has 2 heterocycles. The van der Waals surface area contributed by atoms with Crippen LogP contribution in [0.5, 0.6) is 11.5 Å². The van der Waals surface area contributed by atoms with Gasteiger partial charge in [-0.1, -0.05) is 42.8 Å². The molecule has 2 saturated heterocycles. The zero-order valence-corrected chi connectivity index (χ0v) is 32.1. The standard InChI is InChI=1S/C38H48NO15P/c1-23(40)39-29-20-30(46-25(3)42)33(22-45-24(2)41)48-37(29)49-34-31(47-26(4)43)21-32(35-36(34)51-38(50-35)18-12-7-13-19-38)54-55(44,52-27-14-8-5-9-15-27)53-28-16-10-6-11-17-28/h5-6,8-11,14-17,29-37H,7,12-13,18-22H2,1-4H3,(H,39,40)/t29-,30+,31-,32-,33-,34+,35+,36-,37?/m1/s1. The molecule has 17 heteroatoms. The molecule has 1 unspecified atom stereocenters. The van der Waals surface area contributed by atoms with Gasteiger partial charge in [-0.15, -0.1) is 0 Å². The Balaban J connectivity index is 1.34. The largest absolute Gasteiger partial charge is 0.587 e. The highest BCUT2D eigenvalue weighted by Crippen LogP contribution is 2.55. The van der Waals surface area contributed by atoms with E-state index in [9.17, 15) is 23.7 Å². The topological polar surface area (TPSA) is 190 Å². The van der Waals surface area contributed by atoms with Gasteiger partial charge in [-0.05, 0) is 37.1 Å². The predicted octanol–water partition coefficient (Wildman–Crippen LogP) is 4.92. The second-order valence-corrected chi connectivity index (χ2v) is 15.5. The summed E-state index contributed by atoms with van der Waals surface area (Å²) in [7, 11) is -4.49. The van der Waals surface area contributed by atoms with Crippen LogP contribution in [0.3, 0.4) is 0 Å². The summed E-state index contributed by atoms with van der Waals surface area (Å²) in [6, 6.07) is 16.0. The number of hydrogen-bond acceptors (Lipinski definition) is 15. The second kappa shape index (κ2) is 17.8. The van der Waals surface area contributed by atoms with Crippen molar-refractivity contribution in [3.05, 3.63) is 60.7 Å². The van der Waals surface area contributed by atoms with Gasteiger partial charge in [0.25, 0.3) is 0 Å². The Morgan fingerprint density at radius 1 is 0.745 bits per heavy atom. The van der Waals surface area contributed by atoms with Crippen molar-refractivity contribution in [3.63, 3.8) is 0 Å². The molecule has 2 saturated carbocycles. The fourth-order valence-electron chi connectivity index (χ4n) is 7.50. The Labute approximate surface area is 319 Å². The highest BCUT2D eigenvalue weighted by molar-refractivity contribution is 7.49. The van der Waals surface area contributed by atoms with Crippen molar-refractivity contribution in [2.45, 2.75) is 133 Å². The molecule has 1 N–H and O–H groups in total. The number of hydrogen-bond donors (Lipinski definition) is 1. The van der Waals surface area contributed by atoms with Crippen molar-refractivity contribution >= 4 is 31.6 Å². The SMILES string of the molecule is CC(=O)N[C@@H]1C[C@H](OC(C)=O)[C@@H](COC(C)=O)OC1O[C@@H]1[C@H]2OC3(CCCCC3)O[C@H]2[C@H](OP(=O)(Oc2ccccc2)Oc2ccccc2)C[C@H]1OC(C)=O. The molecule has 16 nitrogen and oxygen atoms in total. The Morgan fingerprint density at radius 2 is 1.33 bits per heavy atom. The number of phosphoric acid groups is 1. The van der Waals surface area contributed by atoms with E-state index in [-0.39, 0.29) is 30.9 Å². The molecule has 2 aliphatic heterocycles. The van der Waals surface area contributed by atoms with Gasteiger partial charge in [-0.25, -0.2) is 4.57 Å². The lowest BCUT2D eigenvalue weighted by atomic mass is 9.87. The van der Waals surface area contributed by atoms with Gasteiger partial charge in [0.1, 0.15) is 60.8 Å². The summed E-state index contributed by atoms with van der Waals surface area (Å²) in [5, 5.41) is 2.81. The van der Waals surface area contributed by atoms with Gasteiger partial charge in [0.05, 0.1) is 6.04 Å². The predicted molar refractivity (Wildman–Crippen MR) is 190 cm³/mol. The van der Waals surface area contributed by atoms with Gasteiger partial charge in [-0.2, -0.15) is 0 Å². The molecule has 0 radical (unpaired) electrons. The molecular weight excluding hydrogens is 741 g/mol. The summed E-state index contributed by atoms with van der Waals surface area (Å²) in [5.74, 6) is -2.82. The minimum absolute atomic E-state index is 0.0403. The first kappa shape index (κ1) is 40.6. The maximum atomic E-state index is 14.7. The number of rotatable bonds is 13. The molecule has 0 bridgehead atoms. The van der Waals surface area contributed by atoms with Crippen LogP contribution < -0.4 is 14.4 Å². The number of nitrogens with one attached hydrogen (secondary N) is 1. The average molecular weight is 790 g/mol. The van der Waals surface area contributed by atoms with Crippen LogP contribution in [0.4, 0.5) is 0 Å². The van der Waals surface area contributed by atoms with E-state index < -0.39 is 92.5 Å². The van der Waals surface area contributed by atoms with Crippen molar-refractivity contribution in [3.8, 4) is 11.5 Å². The lowest BCUT2D eigenvalue weighted by molar-refractivity contribution is -0.291. The number of esters is 3. The van der Waals surface area contributed by atoms with E-state index in [1.165, 1.54) is 27.7 Å². The number of benzene rings is 2. The van der Waals surface area contributed by atoms with Gasteiger partial charge in [-0.3, -0.25) is 23.7 Å². The van der Waals surface area contributed by atoms with Gasteiger partial charge in [0, 0.05) is 53.4 Å². The number of fused-ring (bicyclic) bond motifs is 1. The van der Waals surface area contributed by atoms with E-state index in [1.807, 2.05) is 0 Å².